The van der Waals surface area contributed by atoms with Crippen molar-refractivity contribution >= 4 is 22.8 Å². The van der Waals surface area contributed by atoms with Gasteiger partial charge in [0, 0.05) is 31.6 Å². The Bertz CT molecular complexity index is 872. The first-order valence-corrected chi connectivity index (χ1v) is 10.8. The molecule has 1 aromatic heterocycles. The number of imidazole rings is 1. The quantitative estimate of drug-likeness (QED) is 0.451. The average molecular weight is 413 g/mol. The van der Waals surface area contributed by atoms with Gasteiger partial charge in [-0.1, -0.05) is 46.4 Å². The first kappa shape index (κ1) is 23.6. The Morgan fingerprint density at radius 1 is 1.13 bits per heavy atom. The standard InChI is InChI=1S/C24H36N4O2/c1-17(2)14-27(15-18(3)4)23(29)16-28-21-11-8-7-10-20(21)26-22(28)12-9-13-25-24(30)19(5)6/h7-8,10-11,17-18H,5,9,12-16H2,1-4,6H3,(H,25,30). The number of amides is 2. The lowest BCUT2D eigenvalue weighted by atomic mass is 10.1. The molecule has 6 nitrogen and oxygen atoms in total. The minimum absolute atomic E-state index is 0.123. The van der Waals surface area contributed by atoms with Gasteiger partial charge in [-0.15, -0.1) is 0 Å². The Hall–Kier alpha value is -2.63. The summed E-state index contributed by atoms with van der Waals surface area (Å²) >= 11 is 0. The third kappa shape index (κ3) is 6.71. The summed E-state index contributed by atoms with van der Waals surface area (Å²) in [5.41, 5.74) is 2.37. The van der Waals surface area contributed by atoms with E-state index in [9.17, 15) is 9.59 Å². The van der Waals surface area contributed by atoms with Crippen molar-refractivity contribution in [1.29, 1.82) is 0 Å². The van der Waals surface area contributed by atoms with Crippen LogP contribution < -0.4 is 5.32 Å². The molecule has 2 rings (SSSR count). The van der Waals surface area contributed by atoms with Crippen LogP contribution in [0.5, 0.6) is 0 Å². The number of nitrogens with zero attached hydrogens (tertiary/aromatic N) is 3. The van der Waals surface area contributed by atoms with E-state index in [2.05, 4.69) is 39.6 Å². The Labute approximate surface area is 180 Å². The molecule has 0 spiro atoms. The van der Waals surface area contributed by atoms with Crippen molar-refractivity contribution < 1.29 is 9.59 Å². The summed E-state index contributed by atoms with van der Waals surface area (Å²) in [6.45, 7) is 16.2. The predicted octanol–water partition coefficient (Wildman–Crippen LogP) is 3.80. The molecule has 6 heteroatoms. The van der Waals surface area contributed by atoms with E-state index in [1.54, 1.807) is 6.92 Å². The maximum atomic E-state index is 13.2. The van der Waals surface area contributed by atoms with Gasteiger partial charge in [0.25, 0.3) is 0 Å². The third-order valence-electron chi connectivity index (χ3n) is 4.80. The molecule has 1 aromatic carbocycles. The molecule has 1 N–H and O–H groups in total. The molecule has 0 saturated carbocycles. The molecule has 0 unspecified atom stereocenters. The molecular weight excluding hydrogens is 376 g/mol. The van der Waals surface area contributed by atoms with Crippen LogP contribution in [0.3, 0.4) is 0 Å². The van der Waals surface area contributed by atoms with E-state index >= 15 is 0 Å². The number of carbonyl (C=O) groups is 2. The van der Waals surface area contributed by atoms with Gasteiger partial charge < -0.3 is 14.8 Å². The molecule has 1 heterocycles. The largest absolute Gasteiger partial charge is 0.352 e. The number of para-hydroxylation sites is 2. The van der Waals surface area contributed by atoms with Crippen LogP contribution in [0.25, 0.3) is 11.0 Å². The first-order chi connectivity index (χ1) is 14.2. The zero-order valence-electron chi connectivity index (χ0n) is 19.1. The lowest BCUT2D eigenvalue weighted by Crippen LogP contribution is -2.39. The van der Waals surface area contributed by atoms with Crippen molar-refractivity contribution in [2.24, 2.45) is 11.8 Å². The highest BCUT2D eigenvalue weighted by Gasteiger charge is 2.20. The summed E-state index contributed by atoms with van der Waals surface area (Å²) < 4.78 is 2.03. The summed E-state index contributed by atoms with van der Waals surface area (Å²) in [6, 6.07) is 7.92. The van der Waals surface area contributed by atoms with Gasteiger partial charge in [-0.25, -0.2) is 4.98 Å². The van der Waals surface area contributed by atoms with Gasteiger partial charge >= 0.3 is 0 Å². The monoisotopic (exact) mass is 412 g/mol. The molecule has 0 fully saturated rings. The summed E-state index contributed by atoms with van der Waals surface area (Å²) in [7, 11) is 0. The number of hydrogen-bond donors (Lipinski definition) is 1. The van der Waals surface area contributed by atoms with Crippen molar-refractivity contribution in [3.63, 3.8) is 0 Å². The molecule has 0 bridgehead atoms. The number of aryl methyl sites for hydroxylation is 1. The van der Waals surface area contributed by atoms with Gasteiger partial charge in [-0.05, 0) is 37.3 Å². The van der Waals surface area contributed by atoms with E-state index in [4.69, 9.17) is 4.98 Å². The van der Waals surface area contributed by atoms with Crippen molar-refractivity contribution in [3.8, 4) is 0 Å². The van der Waals surface area contributed by atoms with Crippen LogP contribution >= 0.6 is 0 Å². The van der Waals surface area contributed by atoms with E-state index in [1.807, 2.05) is 33.7 Å². The van der Waals surface area contributed by atoms with E-state index in [-0.39, 0.29) is 18.4 Å². The number of benzene rings is 1. The summed E-state index contributed by atoms with van der Waals surface area (Å²) in [5.74, 6) is 1.71. The predicted molar refractivity (Wildman–Crippen MR) is 122 cm³/mol. The zero-order valence-corrected chi connectivity index (χ0v) is 19.1. The second kappa shape index (κ2) is 11.0. The molecule has 2 amide bonds. The molecule has 0 radical (unpaired) electrons. The fraction of sp³-hybridized carbons (Fsp3) is 0.542. The second-order valence-electron chi connectivity index (χ2n) is 8.83. The third-order valence-corrected chi connectivity index (χ3v) is 4.80. The molecule has 0 aliphatic rings. The van der Waals surface area contributed by atoms with Crippen LogP contribution in [-0.2, 0) is 22.6 Å². The highest BCUT2D eigenvalue weighted by molar-refractivity contribution is 5.92. The molecule has 0 atom stereocenters. The maximum Gasteiger partial charge on any atom is 0.246 e. The average Bonchev–Trinajstić information content (AvgIpc) is 3.01. The van der Waals surface area contributed by atoms with Crippen molar-refractivity contribution in [2.75, 3.05) is 19.6 Å². The van der Waals surface area contributed by atoms with Crippen LogP contribution in [0.4, 0.5) is 0 Å². The molecule has 164 valence electrons. The topological polar surface area (TPSA) is 67.2 Å². The Balaban J connectivity index is 2.17. The van der Waals surface area contributed by atoms with E-state index < -0.39 is 0 Å². The minimum atomic E-state index is -0.128. The summed E-state index contributed by atoms with van der Waals surface area (Å²) in [5, 5.41) is 2.86. The van der Waals surface area contributed by atoms with Gasteiger partial charge in [0.1, 0.15) is 12.4 Å². The fourth-order valence-electron chi connectivity index (χ4n) is 3.49. The van der Waals surface area contributed by atoms with Gasteiger partial charge in [0.05, 0.1) is 11.0 Å². The molecule has 0 saturated heterocycles. The molecular formula is C24H36N4O2. The highest BCUT2D eigenvalue weighted by atomic mass is 16.2. The maximum absolute atomic E-state index is 13.2. The number of fused-ring (bicyclic) bond motifs is 1. The second-order valence-corrected chi connectivity index (χ2v) is 8.83. The Morgan fingerprint density at radius 3 is 2.37 bits per heavy atom. The van der Waals surface area contributed by atoms with Crippen LogP contribution in [0.2, 0.25) is 0 Å². The molecule has 30 heavy (non-hydrogen) atoms. The summed E-state index contributed by atoms with van der Waals surface area (Å²) in [6.07, 6.45) is 1.44. The van der Waals surface area contributed by atoms with E-state index in [1.165, 1.54) is 0 Å². The number of hydrogen-bond acceptors (Lipinski definition) is 3. The van der Waals surface area contributed by atoms with Crippen LogP contribution in [0.15, 0.2) is 36.4 Å². The van der Waals surface area contributed by atoms with Crippen LogP contribution in [-0.4, -0.2) is 45.9 Å². The van der Waals surface area contributed by atoms with Crippen LogP contribution in [0, 0.1) is 11.8 Å². The van der Waals surface area contributed by atoms with E-state index in [0.717, 1.165) is 36.4 Å². The fourth-order valence-corrected chi connectivity index (χ4v) is 3.49. The number of aromatic nitrogens is 2. The van der Waals surface area contributed by atoms with Crippen molar-refractivity contribution in [3.05, 3.63) is 42.2 Å². The zero-order chi connectivity index (χ0) is 22.3. The molecule has 0 aliphatic heterocycles. The highest BCUT2D eigenvalue weighted by Crippen LogP contribution is 2.18. The normalized spacial score (nSPS) is 11.3. The first-order valence-electron chi connectivity index (χ1n) is 10.8. The van der Waals surface area contributed by atoms with Gasteiger partial charge in [-0.2, -0.15) is 0 Å². The lowest BCUT2D eigenvalue weighted by Gasteiger charge is -2.27. The van der Waals surface area contributed by atoms with Crippen LogP contribution in [0.1, 0.15) is 46.9 Å². The van der Waals surface area contributed by atoms with E-state index in [0.29, 0.717) is 30.4 Å². The van der Waals surface area contributed by atoms with Crippen molar-refractivity contribution in [1.82, 2.24) is 19.8 Å². The molecule has 2 aromatic rings. The van der Waals surface area contributed by atoms with Gasteiger partial charge in [0.2, 0.25) is 11.8 Å². The Morgan fingerprint density at radius 2 is 1.77 bits per heavy atom. The minimum Gasteiger partial charge on any atom is -0.352 e. The lowest BCUT2D eigenvalue weighted by molar-refractivity contribution is -0.132. The van der Waals surface area contributed by atoms with Crippen molar-refractivity contribution in [2.45, 2.75) is 54.0 Å². The SMILES string of the molecule is C=C(C)C(=O)NCCCc1nc2ccccc2n1CC(=O)N(CC(C)C)CC(C)C. The number of rotatable bonds is 11. The summed E-state index contributed by atoms with van der Waals surface area (Å²) in [4.78, 5) is 31.6. The molecule has 0 aliphatic carbocycles. The van der Waals surface area contributed by atoms with Gasteiger partial charge in [0.15, 0.2) is 0 Å². The van der Waals surface area contributed by atoms with Gasteiger partial charge in [-0.3, -0.25) is 9.59 Å². The Kier molecular flexibility index (Phi) is 8.63. The smallest absolute Gasteiger partial charge is 0.246 e. The number of nitrogens with one attached hydrogen (secondary N) is 1. The number of carbonyl (C=O) groups excluding carboxylic acids is 2.